The van der Waals surface area contributed by atoms with Crippen LogP contribution >= 0.6 is 0 Å². The third-order valence-corrected chi connectivity index (χ3v) is 3.96. The van der Waals surface area contributed by atoms with Gasteiger partial charge in [0.25, 0.3) is 0 Å². The highest BCUT2D eigenvalue weighted by molar-refractivity contribution is 5.66. The maximum Gasteiger partial charge on any atom is 0.0994 e. The number of rotatable bonds is 5. The highest BCUT2D eigenvalue weighted by atomic mass is 15.0. The second-order valence-corrected chi connectivity index (χ2v) is 5.71. The first-order valence-electron chi connectivity index (χ1n) is 7.83. The lowest BCUT2D eigenvalue weighted by atomic mass is 9.97. The molecule has 0 aliphatic heterocycles. The molecule has 2 aromatic carbocycles. The van der Waals surface area contributed by atoms with E-state index in [1.165, 1.54) is 0 Å². The number of benzene rings is 2. The molecule has 0 fully saturated rings. The van der Waals surface area contributed by atoms with Gasteiger partial charge >= 0.3 is 0 Å². The van der Waals surface area contributed by atoms with Gasteiger partial charge in [-0.15, -0.1) is 0 Å². The first-order chi connectivity index (χ1) is 11.3. The van der Waals surface area contributed by atoms with Gasteiger partial charge in [0.05, 0.1) is 23.7 Å². The van der Waals surface area contributed by atoms with Gasteiger partial charge in [-0.3, -0.25) is 0 Å². The molecule has 23 heavy (non-hydrogen) atoms. The van der Waals surface area contributed by atoms with Gasteiger partial charge in [0.1, 0.15) is 0 Å². The third-order valence-electron chi connectivity index (χ3n) is 3.96. The lowest BCUT2D eigenvalue weighted by Gasteiger charge is -2.08. The third kappa shape index (κ3) is 3.67. The number of nitrogens with zero attached hydrogens (tertiary/aromatic N) is 3. The lowest BCUT2D eigenvalue weighted by molar-refractivity contribution is 0.641. The number of aryl methyl sites for hydroxylation is 3. The van der Waals surface area contributed by atoms with Crippen molar-refractivity contribution in [1.82, 2.24) is 9.55 Å². The van der Waals surface area contributed by atoms with Crippen molar-refractivity contribution in [2.45, 2.75) is 26.3 Å². The van der Waals surface area contributed by atoms with Crippen LogP contribution in [-0.4, -0.2) is 9.55 Å². The Morgan fingerprint density at radius 3 is 2.61 bits per heavy atom. The number of aromatic nitrogens is 2. The predicted molar refractivity (Wildman–Crippen MR) is 91.9 cm³/mol. The second-order valence-electron chi connectivity index (χ2n) is 5.71. The average molecular weight is 301 g/mol. The van der Waals surface area contributed by atoms with Crippen LogP contribution in [0.15, 0.2) is 61.1 Å². The second kappa shape index (κ2) is 6.93. The van der Waals surface area contributed by atoms with Gasteiger partial charge in [-0.05, 0) is 42.5 Å². The molecule has 0 bridgehead atoms. The van der Waals surface area contributed by atoms with Crippen LogP contribution < -0.4 is 0 Å². The van der Waals surface area contributed by atoms with Crippen molar-refractivity contribution in [3.8, 4) is 17.2 Å². The smallest absolute Gasteiger partial charge is 0.0994 e. The molecule has 3 aromatic rings. The van der Waals surface area contributed by atoms with Crippen molar-refractivity contribution in [3.63, 3.8) is 0 Å². The Hall–Kier alpha value is -2.86. The summed E-state index contributed by atoms with van der Waals surface area (Å²) in [6, 6.07) is 18.7. The maximum atomic E-state index is 9.44. The van der Waals surface area contributed by atoms with E-state index in [1.807, 2.05) is 43.7 Å². The lowest BCUT2D eigenvalue weighted by Crippen LogP contribution is -1.98. The molecule has 0 saturated carbocycles. The van der Waals surface area contributed by atoms with E-state index in [4.69, 9.17) is 0 Å². The van der Waals surface area contributed by atoms with Gasteiger partial charge in [0.2, 0.25) is 0 Å². The number of imidazole rings is 1. The van der Waals surface area contributed by atoms with Gasteiger partial charge < -0.3 is 4.57 Å². The summed E-state index contributed by atoms with van der Waals surface area (Å²) in [7, 11) is 0. The monoisotopic (exact) mass is 301 g/mol. The molecule has 0 aliphatic carbocycles. The molecule has 0 unspecified atom stereocenters. The molecular weight excluding hydrogens is 282 g/mol. The van der Waals surface area contributed by atoms with Crippen LogP contribution in [-0.2, 0) is 13.0 Å². The fourth-order valence-corrected chi connectivity index (χ4v) is 2.75. The number of hydrogen-bond donors (Lipinski definition) is 0. The van der Waals surface area contributed by atoms with Gasteiger partial charge in [0, 0.05) is 12.7 Å². The molecule has 0 radical (unpaired) electrons. The molecule has 0 spiro atoms. The molecule has 3 nitrogen and oxygen atoms in total. The van der Waals surface area contributed by atoms with Crippen molar-refractivity contribution in [3.05, 3.63) is 77.9 Å². The van der Waals surface area contributed by atoms with E-state index in [0.29, 0.717) is 0 Å². The van der Waals surface area contributed by atoms with E-state index < -0.39 is 0 Å². The van der Waals surface area contributed by atoms with E-state index in [9.17, 15) is 5.26 Å². The standard InChI is InChI=1S/C20H19N3/c1-16-14-23(15-22-16)11-5-8-18-9-10-19(12-20(18)13-21)17-6-3-2-4-7-17/h2-4,6-7,9-10,12,14-15H,5,8,11H2,1H3. The molecule has 1 heterocycles. The molecule has 0 N–H and O–H groups in total. The molecule has 0 aliphatic rings. The summed E-state index contributed by atoms with van der Waals surface area (Å²) in [5.74, 6) is 0. The topological polar surface area (TPSA) is 41.6 Å². The highest BCUT2D eigenvalue weighted by Gasteiger charge is 2.05. The summed E-state index contributed by atoms with van der Waals surface area (Å²) in [5, 5.41) is 9.44. The van der Waals surface area contributed by atoms with Crippen LogP contribution in [0.3, 0.4) is 0 Å². The summed E-state index contributed by atoms with van der Waals surface area (Å²) in [6.45, 7) is 2.92. The summed E-state index contributed by atoms with van der Waals surface area (Å²) >= 11 is 0. The SMILES string of the molecule is Cc1cn(CCCc2ccc(-c3ccccc3)cc2C#N)cn1. The minimum atomic E-state index is 0.771. The first-order valence-corrected chi connectivity index (χ1v) is 7.83. The molecule has 3 heteroatoms. The zero-order valence-corrected chi connectivity index (χ0v) is 13.2. The fraction of sp³-hybridized carbons (Fsp3) is 0.200. The Morgan fingerprint density at radius 1 is 1.09 bits per heavy atom. The average Bonchev–Trinajstić information content (AvgIpc) is 3.01. The van der Waals surface area contributed by atoms with Gasteiger partial charge in [-0.25, -0.2) is 4.98 Å². The molecule has 0 saturated heterocycles. The zero-order valence-electron chi connectivity index (χ0n) is 13.2. The van der Waals surface area contributed by atoms with E-state index >= 15 is 0 Å². The molecule has 0 amide bonds. The van der Waals surface area contributed by atoms with Crippen molar-refractivity contribution in [1.29, 1.82) is 5.26 Å². The van der Waals surface area contributed by atoms with Gasteiger partial charge in [-0.2, -0.15) is 5.26 Å². The minimum absolute atomic E-state index is 0.771. The van der Waals surface area contributed by atoms with Crippen molar-refractivity contribution in [2.24, 2.45) is 0 Å². The van der Waals surface area contributed by atoms with Crippen molar-refractivity contribution < 1.29 is 0 Å². The highest BCUT2D eigenvalue weighted by Crippen LogP contribution is 2.23. The van der Waals surface area contributed by atoms with E-state index in [2.05, 4.69) is 39.9 Å². The first kappa shape index (κ1) is 15.1. The Morgan fingerprint density at radius 2 is 1.91 bits per heavy atom. The number of hydrogen-bond acceptors (Lipinski definition) is 2. The van der Waals surface area contributed by atoms with Gasteiger partial charge in [0.15, 0.2) is 0 Å². The summed E-state index contributed by atoms with van der Waals surface area (Å²) < 4.78 is 2.10. The molecular formula is C20H19N3. The normalized spacial score (nSPS) is 10.4. The molecule has 0 atom stereocenters. The number of nitriles is 1. The molecule has 114 valence electrons. The largest absolute Gasteiger partial charge is 0.337 e. The van der Waals surface area contributed by atoms with Crippen LogP contribution in [0.1, 0.15) is 23.2 Å². The Bertz CT molecular complexity index is 826. The van der Waals surface area contributed by atoms with Crippen molar-refractivity contribution >= 4 is 0 Å². The van der Waals surface area contributed by atoms with E-state index in [0.717, 1.165) is 47.3 Å². The summed E-state index contributed by atoms with van der Waals surface area (Å²) in [6.07, 6.45) is 5.80. The predicted octanol–water partition coefficient (Wildman–Crippen LogP) is 4.36. The van der Waals surface area contributed by atoms with Crippen LogP contribution in [0.2, 0.25) is 0 Å². The van der Waals surface area contributed by atoms with Crippen LogP contribution in [0.5, 0.6) is 0 Å². The van der Waals surface area contributed by atoms with E-state index in [-0.39, 0.29) is 0 Å². The Kier molecular flexibility index (Phi) is 4.54. The quantitative estimate of drug-likeness (QED) is 0.702. The minimum Gasteiger partial charge on any atom is -0.337 e. The van der Waals surface area contributed by atoms with Crippen LogP contribution in [0.25, 0.3) is 11.1 Å². The summed E-state index contributed by atoms with van der Waals surface area (Å²) in [5.41, 5.74) is 5.16. The van der Waals surface area contributed by atoms with Crippen LogP contribution in [0.4, 0.5) is 0 Å². The molecule has 1 aromatic heterocycles. The summed E-state index contributed by atoms with van der Waals surface area (Å²) in [4.78, 5) is 4.23. The van der Waals surface area contributed by atoms with Crippen molar-refractivity contribution in [2.75, 3.05) is 0 Å². The molecule has 3 rings (SSSR count). The van der Waals surface area contributed by atoms with Crippen LogP contribution in [0, 0.1) is 18.3 Å². The maximum absolute atomic E-state index is 9.44. The zero-order chi connectivity index (χ0) is 16.1. The fourth-order valence-electron chi connectivity index (χ4n) is 2.75. The van der Waals surface area contributed by atoms with Gasteiger partial charge in [-0.1, -0.05) is 42.5 Å². The van der Waals surface area contributed by atoms with E-state index in [1.54, 1.807) is 0 Å². The Balaban J connectivity index is 1.71. The Labute approximate surface area is 136 Å².